The number of aryl methyl sites for hydroxylation is 1. The molecule has 0 unspecified atom stereocenters. The minimum atomic E-state index is -2.14. The van der Waals surface area contributed by atoms with Crippen LogP contribution >= 0.6 is 15.9 Å². The van der Waals surface area contributed by atoms with Crippen molar-refractivity contribution in [1.82, 2.24) is 4.98 Å². The lowest BCUT2D eigenvalue weighted by molar-refractivity contribution is 1.26. The maximum atomic E-state index is 7.11. The van der Waals surface area contributed by atoms with Crippen LogP contribution in [0.2, 0.25) is 0 Å². The number of rotatable bonds is 0. The first-order valence-electron chi connectivity index (χ1n) is 3.83. The van der Waals surface area contributed by atoms with Crippen LogP contribution in [0.3, 0.4) is 0 Å². The van der Waals surface area contributed by atoms with Gasteiger partial charge < -0.3 is 5.73 Å². The average Bonchev–Trinajstić information content (AvgIpc) is 1.83. The number of hydrogen-bond donors (Lipinski definition) is 1. The minimum Gasteiger partial charge on any atom is -0.384 e. The van der Waals surface area contributed by atoms with Gasteiger partial charge >= 0.3 is 0 Å². The Morgan fingerprint density at radius 3 is 3.22 bits per heavy atom. The zero-order chi connectivity index (χ0) is 9.35. The lowest BCUT2D eigenvalue weighted by atomic mass is 10.3. The summed E-state index contributed by atoms with van der Waals surface area (Å²) in [5, 5.41) is 0. The molecule has 1 heterocycles. The predicted molar refractivity (Wildman–Crippen MR) is 41.1 cm³/mol. The Labute approximate surface area is 66.4 Å². The van der Waals surface area contributed by atoms with Gasteiger partial charge in [-0.3, -0.25) is 0 Å². The standard InChI is InChI=1S/C6H7BrN2/c1-4-3-9-6(8)2-5(4)7/h2-3H,1H3,(H2,8,9)/i1D3. The Kier molecular flexibility index (Phi) is 0.931. The molecule has 3 heteroatoms. The second-order valence-electron chi connectivity index (χ2n) is 1.59. The first-order valence-corrected chi connectivity index (χ1v) is 3.12. The van der Waals surface area contributed by atoms with Gasteiger partial charge in [-0.2, -0.15) is 0 Å². The van der Waals surface area contributed by atoms with Crippen molar-refractivity contribution in [1.29, 1.82) is 0 Å². The van der Waals surface area contributed by atoms with Crippen molar-refractivity contribution in [2.75, 3.05) is 5.73 Å². The molecular weight excluding hydrogens is 180 g/mol. The first kappa shape index (κ1) is 3.56. The summed E-state index contributed by atoms with van der Waals surface area (Å²) in [7, 11) is 0. The monoisotopic (exact) mass is 189 g/mol. The summed E-state index contributed by atoms with van der Waals surface area (Å²) >= 11 is 3.10. The van der Waals surface area contributed by atoms with Crippen molar-refractivity contribution in [2.24, 2.45) is 0 Å². The fourth-order valence-electron chi connectivity index (χ4n) is 0.446. The van der Waals surface area contributed by atoms with Gasteiger partial charge in [-0.1, -0.05) is 15.9 Å². The highest BCUT2D eigenvalue weighted by Crippen LogP contribution is 2.15. The van der Waals surface area contributed by atoms with E-state index in [0.29, 0.717) is 10.3 Å². The van der Waals surface area contributed by atoms with E-state index in [4.69, 9.17) is 9.85 Å². The second kappa shape index (κ2) is 2.35. The van der Waals surface area contributed by atoms with Crippen molar-refractivity contribution >= 4 is 21.7 Å². The maximum Gasteiger partial charge on any atom is 0.124 e. The zero-order valence-electron chi connectivity index (χ0n) is 7.56. The molecule has 1 aromatic heterocycles. The molecule has 0 fully saturated rings. The van der Waals surface area contributed by atoms with Gasteiger partial charge in [-0.15, -0.1) is 0 Å². The molecule has 0 saturated heterocycles. The Morgan fingerprint density at radius 1 is 1.89 bits per heavy atom. The van der Waals surface area contributed by atoms with Crippen LogP contribution in [-0.2, 0) is 0 Å². The molecule has 1 aromatic rings. The highest BCUT2D eigenvalue weighted by atomic mass is 79.9. The molecule has 0 radical (unpaired) electrons. The van der Waals surface area contributed by atoms with Crippen LogP contribution in [0, 0.1) is 6.85 Å². The fourth-order valence-corrected chi connectivity index (χ4v) is 0.783. The van der Waals surface area contributed by atoms with E-state index in [0.717, 1.165) is 0 Å². The number of halogens is 1. The van der Waals surface area contributed by atoms with E-state index in [1.807, 2.05) is 0 Å². The quantitative estimate of drug-likeness (QED) is 0.676. The summed E-state index contributed by atoms with van der Waals surface area (Å²) in [5.74, 6) is 0.301. The molecule has 0 spiro atoms. The Morgan fingerprint density at radius 2 is 2.67 bits per heavy atom. The van der Waals surface area contributed by atoms with Gasteiger partial charge in [0.15, 0.2) is 0 Å². The molecule has 0 aliphatic heterocycles. The van der Waals surface area contributed by atoms with E-state index in [9.17, 15) is 0 Å². The van der Waals surface area contributed by atoms with E-state index in [1.165, 1.54) is 12.3 Å². The van der Waals surface area contributed by atoms with Gasteiger partial charge in [-0.05, 0) is 18.5 Å². The highest BCUT2D eigenvalue weighted by molar-refractivity contribution is 9.10. The number of nitrogen functional groups attached to an aromatic ring is 1. The Balaban J connectivity index is 3.19. The number of pyridine rings is 1. The molecule has 0 bridgehead atoms. The molecule has 0 aliphatic carbocycles. The fraction of sp³-hybridized carbons (Fsp3) is 0.167. The minimum absolute atomic E-state index is 0.178. The maximum absolute atomic E-state index is 7.11. The van der Waals surface area contributed by atoms with E-state index < -0.39 is 6.85 Å². The third-order valence-corrected chi connectivity index (χ3v) is 1.53. The number of anilines is 1. The van der Waals surface area contributed by atoms with Crippen LogP contribution in [0.25, 0.3) is 0 Å². The van der Waals surface area contributed by atoms with Crippen molar-refractivity contribution in [3.63, 3.8) is 0 Å². The van der Waals surface area contributed by atoms with Gasteiger partial charge in [0.25, 0.3) is 0 Å². The van der Waals surface area contributed by atoms with Crippen LogP contribution in [0.15, 0.2) is 16.7 Å². The highest BCUT2D eigenvalue weighted by Gasteiger charge is 1.92. The zero-order valence-corrected chi connectivity index (χ0v) is 6.14. The Hall–Kier alpha value is -0.570. The van der Waals surface area contributed by atoms with E-state index >= 15 is 0 Å². The summed E-state index contributed by atoms with van der Waals surface area (Å²) in [5.41, 5.74) is 5.52. The smallest absolute Gasteiger partial charge is 0.124 e. The van der Waals surface area contributed by atoms with E-state index in [1.54, 1.807) is 0 Å². The molecule has 0 saturated carbocycles. The van der Waals surface area contributed by atoms with Crippen LogP contribution in [0.5, 0.6) is 0 Å². The normalized spacial score (nSPS) is 15.9. The largest absolute Gasteiger partial charge is 0.384 e. The topological polar surface area (TPSA) is 38.9 Å². The summed E-state index contributed by atoms with van der Waals surface area (Å²) in [6.45, 7) is -2.14. The Bertz CT molecular complexity index is 297. The first-order chi connectivity index (χ1) is 5.41. The SMILES string of the molecule is [2H]C([2H])([2H])c1cnc(N)cc1Br. The molecule has 0 amide bonds. The van der Waals surface area contributed by atoms with Gasteiger partial charge in [0.2, 0.25) is 0 Å². The van der Waals surface area contributed by atoms with Crippen LogP contribution in [0.1, 0.15) is 9.68 Å². The average molecular weight is 190 g/mol. The van der Waals surface area contributed by atoms with Gasteiger partial charge in [-0.25, -0.2) is 4.98 Å². The molecular formula is C6H7BrN2. The van der Waals surface area contributed by atoms with Crippen molar-refractivity contribution in [3.05, 3.63) is 22.3 Å². The lowest BCUT2D eigenvalue weighted by Crippen LogP contribution is -1.89. The third-order valence-electron chi connectivity index (χ3n) is 0.875. The van der Waals surface area contributed by atoms with E-state index in [-0.39, 0.29) is 5.56 Å². The van der Waals surface area contributed by atoms with Crippen LogP contribution in [0.4, 0.5) is 5.82 Å². The third kappa shape index (κ3) is 1.42. The summed E-state index contributed by atoms with van der Waals surface area (Å²) in [6, 6.07) is 1.47. The van der Waals surface area contributed by atoms with Gasteiger partial charge in [0.1, 0.15) is 5.82 Å². The molecule has 0 atom stereocenters. The van der Waals surface area contributed by atoms with Crippen LogP contribution < -0.4 is 5.73 Å². The van der Waals surface area contributed by atoms with E-state index in [2.05, 4.69) is 20.9 Å². The molecule has 9 heavy (non-hydrogen) atoms. The summed E-state index contributed by atoms with van der Waals surface area (Å²) in [6.07, 6.45) is 1.26. The number of nitrogens with two attached hydrogens (primary N) is 1. The van der Waals surface area contributed by atoms with Crippen molar-refractivity contribution in [2.45, 2.75) is 6.85 Å². The number of aromatic nitrogens is 1. The molecule has 0 aliphatic rings. The lowest BCUT2D eigenvalue weighted by Gasteiger charge is -1.95. The molecule has 2 nitrogen and oxygen atoms in total. The summed E-state index contributed by atoms with van der Waals surface area (Å²) < 4.78 is 21.8. The molecule has 0 aromatic carbocycles. The number of hydrogen-bond acceptors (Lipinski definition) is 2. The molecule has 48 valence electrons. The van der Waals surface area contributed by atoms with Gasteiger partial charge in [0, 0.05) is 14.8 Å². The molecule has 2 N–H and O–H groups in total. The van der Waals surface area contributed by atoms with Crippen LogP contribution in [-0.4, -0.2) is 4.98 Å². The summed E-state index contributed by atoms with van der Waals surface area (Å²) in [4.78, 5) is 3.69. The van der Waals surface area contributed by atoms with Crippen molar-refractivity contribution < 1.29 is 4.11 Å². The number of nitrogens with zero attached hydrogens (tertiary/aromatic N) is 1. The molecule has 1 rings (SSSR count). The second-order valence-corrected chi connectivity index (χ2v) is 2.44. The van der Waals surface area contributed by atoms with Crippen molar-refractivity contribution in [3.8, 4) is 0 Å². The predicted octanol–water partition coefficient (Wildman–Crippen LogP) is 1.73. The van der Waals surface area contributed by atoms with Gasteiger partial charge in [0.05, 0.1) is 0 Å².